The maximum Gasteiger partial charge on any atom is 0.407 e. The molecule has 390 valence electrons. The molecule has 0 aliphatic carbocycles. The molecule has 72 heavy (non-hydrogen) atoms. The number of nitrogens with one attached hydrogen (secondary N) is 5. The molecule has 0 bridgehead atoms. The minimum atomic E-state index is -4.36. The van der Waals surface area contributed by atoms with E-state index in [4.69, 9.17) is 28.4 Å². The second-order valence-corrected chi connectivity index (χ2v) is 18.3. The first kappa shape index (κ1) is 56.1. The van der Waals surface area contributed by atoms with Gasteiger partial charge in [-0.05, 0) is 79.6 Å². The molecule has 1 unspecified atom stereocenters. The Labute approximate surface area is 419 Å². The Morgan fingerprint density at radius 1 is 0.764 bits per heavy atom. The fourth-order valence-corrected chi connectivity index (χ4v) is 9.02. The SMILES string of the molecule is COC(=O)C(CNC(=O)c1cn(C)c2cc(CNc3nccn3C)ccc2c1=O)NS(=O)(=O)c1c(C)cc(OCCCC(=O)NCCCOCCOCCOCCCNC(=O)OCc2ccccc2)cc1C. The molecule has 0 fully saturated rings. The second-order valence-electron chi connectivity index (χ2n) is 16.7. The highest BCUT2D eigenvalue weighted by molar-refractivity contribution is 7.89. The summed E-state index contributed by atoms with van der Waals surface area (Å²) in [5.74, 6) is -0.826. The highest BCUT2D eigenvalue weighted by Crippen LogP contribution is 2.26. The van der Waals surface area contributed by atoms with Crippen LogP contribution in [0.1, 0.15) is 58.3 Å². The highest BCUT2D eigenvalue weighted by atomic mass is 32.2. The molecule has 0 saturated heterocycles. The normalized spacial score (nSPS) is 11.7. The Balaban J connectivity index is 0.944. The average Bonchev–Trinajstić information content (AvgIpc) is 3.78. The molecule has 5 aromatic rings. The van der Waals surface area contributed by atoms with E-state index >= 15 is 0 Å². The first-order valence-electron chi connectivity index (χ1n) is 23.6. The Kier molecular flexibility index (Phi) is 22.5. The summed E-state index contributed by atoms with van der Waals surface area (Å²) in [7, 11) is 0.289. The molecule has 1 atom stereocenters. The average molecular weight is 1020 g/mol. The number of hydrogen-bond acceptors (Lipinski definition) is 15. The van der Waals surface area contributed by atoms with E-state index < -0.39 is 46.0 Å². The van der Waals surface area contributed by atoms with Crippen molar-refractivity contribution in [2.45, 2.75) is 63.6 Å². The van der Waals surface area contributed by atoms with Crippen molar-refractivity contribution in [3.05, 3.63) is 117 Å². The van der Waals surface area contributed by atoms with E-state index in [1.54, 1.807) is 55.9 Å². The summed E-state index contributed by atoms with van der Waals surface area (Å²) >= 11 is 0. The van der Waals surface area contributed by atoms with Crippen molar-refractivity contribution in [1.29, 1.82) is 0 Å². The van der Waals surface area contributed by atoms with Gasteiger partial charge in [-0.15, -0.1) is 0 Å². The van der Waals surface area contributed by atoms with Gasteiger partial charge in [-0.1, -0.05) is 36.4 Å². The third-order valence-electron chi connectivity index (χ3n) is 11.0. The Morgan fingerprint density at radius 2 is 1.43 bits per heavy atom. The quantitative estimate of drug-likeness (QED) is 0.0313. The predicted octanol–water partition coefficient (Wildman–Crippen LogP) is 3.78. The van der Waals surface area contributed by atoms with E-state index in [9.17, 15) is 32.4 Å². The number of benzene rings is 3. The lowest BCUT2D eigenvalue weighted by molar-refractivity contribution is -0.142. The van der Waals surface area contributed by atoms with Gasteiger partial charge < -0.3 is 58.8 Å². The number of nitrogens with zero attached hydrogens (tertiary/aromatic N) is 3. The number of anilines is 1. The van der Waals surface area contributed by atoms with Crippen molar-refractivity contribution in [2.24, 2.45) is 14.1 Å². The maximum atomic E-state index is 13.8. The number of aromatic nitrogens is 3. The molecule has 2 heterocycles. The smallest absolute Gasteiger partial charge is 0.407 e. The summed E-state index contributed by atoms with van der Waals surface area (Å²) in [6.07, 6.45) is 6.31. The summed E-state index contributed by atoms with van der Waals surface area (Å²) in [4.78, 5) is 68.0. The maximum absolute atomic E-state index is 13.8. The zero-order chi connectivity index (χ0) is 51.9. The molecule has 0 saturated carbocycles. The molecular formula is C50H66N8O13S. The zero-order valence-corrected chi connectivity index (χ0v) is 42.3. The molecule has 22 heteroatoms. The summed E-state index contributed by atoms with van der Waals surface area (Å²) in [5, 5.41) is 11.6. The minimum absolute atomic E-state index is 0.0907. The number of rotatable bonds is 31. The van der Waals surface area contributed by atoms with Gasteiger partial charge in [0.25, 0.3) is 5.91 Å². The Bertz CT molecular complexity index is 2730. The van der Waals surface area contributed by atoms with Gasteiger partial charge in [0, 0.05) is 83.9 Å². The summed E-state index contributed by atoms with van der Waals surface area (Å²) in [5.41, 5.74) is 2.32. The number of alkyl carbamates (subject to hydrolysis) is 1. The van der Waals surface area contributed by atoms with Crippen LogP contribution in [0.15, 0.2) is 88.9 Å². The van der Waals surface area contributed by atoms with Crippen LogP contribution in [0.25, 0.3) is 10.9 Å². The van der Waals surface area contributed by atoms with E-state index in [2.05, 4.69) is 31.0 Å². The van der Waals surface area contributed by atoms with Crippen molar-refractivity contribution in [3.8, 4) is 5.75 Å². The van der Waals surface area contributed by atoms with Crippen LogP contribution in [-0.2, 0) is 70.5 Å². The highest BCUT2D eigenvalue weighted by Gasteiger charge is 2.30. The summed E-state index contributed by atoms with van der Waals surface area (Å²) in [6, 6.07) is 16.2. The van der Waals surface area contributed by atoms with Crippen LogP contribution in [0.3, 0.4) is 0 Å². The van der Waals surface area contributed by atoms with Gasteiger partial charge in [0.1, 0.15) is 24.0 Å². The zero-order valence-electron chi connectivity index (χ0n) is 41.5. The lowest BCUT2D eigenvalue weighted by Gasteiger charge is -2.20. The van der Waals surface area contributed by atoms with Crippen LogP contribution in [0, 0.1) is 13.8 Å². The van der Waals surface area contributed by atoms with Gasteiger partial charge in [0.05, 0.1) is 50.6 Å². The number of sulfonamides is 1. The number of esters is 1. The number of pyridine rings is 1. The number of imidazole rings is 1. The van der Waals surface area contributed by atoms with Gasteiger partial charge in [-0.2, -0.15) is 4.72 Å². The molecule has 3 aromatic carbocycles. The predicted molar refractivity (Wildman–Crippen MR) is 268 cm³/mol. The second kappa shape index (κ2) is 28.9. The van der Waals surface area contributed by atoms with Gasteiger partial charge in [0.15, 0.2) is 0 Å². The van der Waals surface area contributed by atoms with Crippen LogP contribution in [0.4, 0.5) is 10.7 Å². The number of carbonyl (C=O) groups is 4. The van der Waals surface area contributed by atoms with E-state index in [0.717, 1.165) is 18.2 Å². The largest absolute Gasteiger partial charge is 0.494 e. The van der Waals surface area contributed by atoms with Crippen molar-refractivity contribution in [2.75, 3.05) is 78.3 Å². The first-order valence-corrected chi connectivity index (χ1v) is 25.1. The Hall–Kier alpha value is -6.85. The molecule has 21 nitrogen and oxygen atoms in total. The van der Waals surface area contributed by atoms with Crippen LogP contribution < -0.4 is 36.2 Å². The fraction of sp³-hybridized carbons (Fsp3) is 0.440. The molecule has 0 radical (unpaired) electrons. The topological polar surface area (TPSA) is 258 Å². The van der Waals surface area contributed by atoms with Crippen LogP contribution in [0.2, 0.25) is 0 Å². The number of fused-ring (bicyclic) bond motifs is 1. The minimum Gasteiger partial charge on any atom is -0.494 e. The number of aryl methyl sites for hydroxylation is 4. The molecule has 0 spiro atoms. The number of carbonyl (C=O) groups excluding carboxylic acids is 4. The lowest BCUT2D eigenvalue weighted by atomic mass is 10.1. The van der Waals surface area contributed by atoms with Gasteiger partial charge >= 0.3 is 12.1 Å². The third-order valence-corrected chi connectivity index (χ3v) is 12.8. The number of amides is 3. The van der Waals surface area contributed by atoms with E-state index in [1.165, 1.54) is 6.20 Å². The summed E-state index contributed by atoms with van der Waals surface area (Å²) in [6.45, 7) is 6.98. The molecular weight excluding hydrogens is 953 g/mol. The van der Waals surface area contributed by atoms with Crippen LogP contribution >= 0.6 is 0 Å². The van der Waals surface area contributed by atoms with Crippen LogP contribution in [0.5, 0.6) is 5.75 Å². The van der Waals surface area contributed by atoms with Gasteiger partial charge in [0.2, 0.25) is 27.3 Å². The molecule has 5 rings (SSSR count). The number of methoxy groups -OCH3 is 1. The monoisotopic (exact) mass is 1020 g/mol. The van der Waals surface area contributed by atoms with E-state index in [-0.39, 0.29) is 36.0 Å². The van der Waals surface area contributed by atoms with E-state index in [1.807, 2.05) is 54.2 Å². The Morgan fingerprint density at radius 3 is 2.08 bits per heavy atom. The molecule has 2 aromatic heterocycles. The van der Waals surface area contributed by atoms with Crippen molar-refractivity contribution < 1.29 is 56.0 Å². The molecule has 3 amide bonds. The molecule has 0 aliphatic rings. The molecule has 0 aliphatic heterocycles. The third kappa shape index (κ3) is 17.8. The first-order chi connectivity index (χ1) is 34.7. The van der Waals surface area contributed by atoms with Crippen molar-refractivity contribution >= 4 is 50.8 Å². The van der Waals surface area contributed by atoms with Crippen molar-refractivity contribution in [1.82, 2.24) is 34.8 Å². The van der Waals surface area contributed by atoms with Crippen LogP contribution in [-0.4, -0.2) is 125 Å². The van der Waals surface area contributed by atoms with E-state index in [0.29, 0.717) is 112 Å². The standard InChI is InChI=1S/C50H66N8O13S/c1-35-28-39(70-23-9-14-44(59)51-17-10-21-67-24-26-69-27-25-68-22-11-18-53-50(63)71-34-37-12-7-6-8-13-37)29-36(2)46(35)72(64,65)56-42(48(62)66-5)32-54-47(61)41-33-58(4)43-30-38(15-16-40(43)45(41)60)31-55-49-52-19-20-57(49)3/h6-8,12-13,15-16,19-20,28-30,33,42,56H,9-11,14,17-18,21-27,31-32,34H2,1-5H3,(H,51,59)(H,52,55)(H,53,63)(H,54,61). The molecule has 5 N–H and O–H groups in total. The number of hydrogen-bond donors (Lipinski definition) is 5. The van der Waals surface area contributed by atoms with Gasteiger partial charge in [-0.25, -0.2) is 18.2 Å². The fourth-order valence-electron chi connectivity index (χ4n) is 7.38. The number of ether oxygens (including phenoxy) is 6. The van der Waals surface area contributed by atoms with Crippen molar-refractivity contribution in [3.63, 3.8) is 0 Å². The summed E-state index contributed by atoms with van der Waals surface area (Å²) < 4.78 is 65.8. The van der Waals surface area contributed by atoms with Gasteiger partial charge in [-0.3, -0.25) is 19.2 Å². The lowest BCUT2D eigenvalue weighted by Crippen LogP contribution is -2.49.